The molecule has 1 saturated heterocycles. The van der Waals surface area contributed by atoms with Crippen LogP contribution in [-0.2, 0) is 11.3 Å². The zero-order valence-corrected chi connectivity index (χ0v) is 15.8. The van der Waals surface area contributed by atoms with Crippen LogP contribution in [0.4, 0.5) is 13.6 Å². The second kappa shape index (κ2) is 7.43. The Balaban J connectivity index is 1.65. The van der Waals surface area contributed by atoms with Crippen molar-refractivity contribution in [2.75, 3.05) is 0 Å². The summed E-state index contributed by atoms with van der Waals surface area (Å²) in [6, 6.07) is 10.4. The summed E-state index contributed by atoms with van der Waals surface area (Å²) in [5.41, 5.74) is 0.654. The number of rotatable bonds is 4. The fourth-order valence-electron chi connectivity index (χ4n) is 3.16. The number of nitrogens with zero attached hydrogens (tertiary/aromatic N) is 2. The normalized spacial score (nSPS) is 15.2. The molecule has 0 spiro atoms. The van der Waals surface area contributed by atoms with Gasteiger partial charge in [-0.1, -0.05) is 18.2 Å². The molecule has 0 bridgehead atoms. The number of H-pyrrole nitrogens is 1. The highest BCUT2D eigenvalue weighted by atomic mass is 19.1. The minimum Gasteiger partial charge on any atom is -0.303 e. The molecule has 4 rings (SSSR count). The zero-order chi connectivity index (χ0) is 21.4. The van der Waals surface area contributed by atoms with Crippen LogP contribution in [0.3, 0.4) is 0 Å². The summed E-state index contributed by atoms with van der Waals surface area (Å²) in [5.74, 6) is -1.64. The quantitative estimate of drug-likeness (QED) is 0.512. The highest BCUT2D eigenvalue weighted by molar-refractivity contribution is 6.13. The smallest absolute Gasteiger partial charge is 0.303 e. The van der Waals surface area contributed by atoms with Gasteiger partial charge in [0.15, 0.2) is 0 Å². The van der Waals surface area contributed by atoms with Crippen LogP contribution in [0.25, 0.3) is 11.8 Å². The third-order valence-electron chi connectivity index (χ3n) is 4.74. The van der Waals surface area contributed by atoms with E-state index in [1.54, 1.807) is 13.0 Å². The standard InChI is InChI=1S/C21H16F2N4O3/c1-12-16(19(28)27(25-12)15-8-6-14(22)7-9-15)10-18-20(29)26(21(30)24-18)11-13-4-2-3-5-17(13)23/h2-10,25H,11H2,1H3,(H,24,30). The van der Waals surface area contributed by atoms with E-state index in [-0.39, 0.29) is 23.4 Å². The molecule has 0 aliphatic carbocycles. The molecule has 0 unspecified atom stereocenters. The van der Waals surface area contributed by atoms with Gasteiger partial charge in [-0.2, -0.15) is 0 Å². The third kappa shape index (κ3) is 3.41. The van der Waals surface area contributed by atoms with Gasteiger partial charge in [0.1, 0.15) is 17.3 Å². The number of amides is 3. The molecule has 2 aromatic carbocycles. The van der Waals surface area contributed by atoms with Crippen molar-refractivity contribution in [3.05, 3.63) is 93.0 Å². The van der Waals surface area contributed by atoms with Crippen LogP contribution < -0.4 is 10.9 Å². The number of benzene rings is 2. The number of aromatic amines is 1. The van der Waals surface area contributed by atoms with Gasteiger partial charge in [-0.3, -0.25) is 19.6 Å². The van der Waals surface area contributed by atoms with E-state index in [2.05, 4.69) is 10.4 Å². The van der Waals surface area contributed by atoms with Gasteiger partial charge >= 0.3 is 6.03 Å². The lowest BCUT2D eigenvalue weighted by Gasteiger charge is -2.12. The molecule has 7 nitrogen and oxygen atoms in total. The Kier molecular flexibility index (Phi) is 4.78. The first-order valence-electron chi connectivity index (χ1n) is 9.00. The van der Waals surface area contributed by atoms with Gasteiger partial charge in [0.25, 0.3) is 11.5 Å². The van der Waals surface area contributed by atoms with Gasteiger partial charge < -0.3 is 5.32 Å². The maximum absolute atomic E-state index is 13.9. The van der Waals surface area contributed by atoms with Crippen LogP contribution in [0.2, 0.25) is 0 Å². The maximum Gasteiger partial charge on any atom is 0.329 e. The molecule has 1 fully saturated rings. The average molecular weight is 410 g/mol. The van der Waals surface area contributed by atoms with Crippen LogP contribution in [0.5, 0.6) is 0 Å². The van der Waals surface area contributed by atoms with Crippen LogP contribution in [-0.4, -0.2) is 26.6 Å². The van der Waals surface area contributed by atoms with E-state index >= 15 is 0 Å². The SMILES string of the molecule is Cc1[nH]n(-c2ccc(F)cc2)c(=O)c1C=C1NC(=O)N(Cc2ccccc2F)C1=O. The fourth-order valence-corrected chi connectivity index (χ4v) is 3.16. The summed E-state index contributed by atoms with van der Waals surface area (Å²) in [4.78, 5) is 38.5. The highest BCUT2D eigenvalue weighted by Crippen LogP contribution is 2.19. The number of urea groups is 1. The van der Waals surface area contributed by atoms with Crippen LogP contribution in [0, 0.1) is 18.6 Å². The van der Waals surface area contributed by atoms with Gasteiger partial charge in [-0.05, 0) is 43.3 Å². The lowest BCUT2D eigenvalue weighted by atomic mass is 10.2. The maximum atomic E-state index is 13.9. The molecule has 1 aliphatic rings. The Hall–Kier alpha value is -4.01. The first-order chi connectivity index (χ1) is 14.3. The second-order valence-electron chi connectivity index (χ2n) is 6.74. The van der Waals surface area contributed by atoms with Crippen molar-refractivity contribution in [1.29, 1.82) is 0 Å². The van der Waals surface area contributed by atoms with E-state index in [1.165, 1.54) is 53.2 Å². The molecule has 3 amide bonds. The van der Waals surface area contributed by atoms with Crippen LogP contribution >= 0.6 is 0 Å². The van der Waals surface area contributed by atoms with E-state index in [9.17, 15) is 23.2 Å². The second-order valence-corrected chi connectivity index (χ2v) is 6.74. The minimum atomic E-state index is -0.707. The van der Waals surface area contributed by atoms with Crippen molar-refractivity contribution >= 4 is 18.0 Å². The van der Waals surface area contributed by atoms with E-state index in [1.807, 2.05) is 0 Å². The molecule has 0 atom stereocenters. The minimum absolute atomic E-state index is 0.0956. The number of hydrogen-bond acceptors (Lipinski definition) is 3. The first kappa shape index (κ1) is 19.3. The predicted octanol–water partition coefficient (Wildman–Crippen LogP) is 2.85. The number of hydrogen-bond donors (Lipinski definition) is 2. The van der Waals surface area contributed by atoms with Crippen molar-refractivity contribution in [2.45, 2.75) is 13.5 Å². The lowest BCUT2D eigenvalue weighted by molar-refractivity contribution is -0.123. The van der Waals surface area contributed by atoms with E-state index < -0.39 is 29.1 Å². The van der Waals surface area contributed by atoms with Crippen LogP contribution in [0.15, 0.2) is 59.0 Å². The summed E-state index contributed by atoms with van der Waals surface area (Å²) in [6.07, 6.45) is 1.27. The molecular weight excluding hydrogens is 394 g/mol. The summed E-state index contributed by atoms with van der Waals surface area (Å²) in [7, 11) is 0. The Labute approximate surface area is 169 Å². The predicted molar refractivity (Wildman–Crippen MR) is 105 cm³/mol. The van der Waals surface area contributed by atoms with Crippen molar-refractivity contribution in [3.63, 3.8) is 0 Å². The Morgan fingerprint density at radius 2 is 1.70 bits per heavy atom. The highest BCUT2D eigenvalue weighted by Gasteiger charge is 2.34. The third-order valence-corrected chi connectivity index (χ3v) is 4.74. The van der Waals surface area contributed by atoms with Crippen molar-refractivity contribution in [2.24, 2.45) is 0 Å². The molecule has 9 heteroatoms. The summed E-state index contributed by atoms with van der Waals surface area (Å²) >= 11 is 0. The van der Waals surface area contributed by atoms with Crippen molar-refractivity contribution in [3.8, 4) is 5.69 Å². The largest absolute Gasteiger partial charge is 0.329 e. The van der Waals surface area contributed by atoms with Gasteiger partial charge in [0.2, 0.25) is 0 Å². The summed E-state index contributed by atoms with van der Waals surface area (Å²) in [5, 5.41) is 5.27. The van der Waals surface area contributed by atoms with Gasteiger partial charge in [0.05, 0.1) is 17.8 Å². The van der Waals surface area contributed by atoms with Crippen molar-refractivity contribution < 1.29 is 18.4 Å². The fraction of sp³-hybridized carbons (Fsp3) is 0.0952. The van der Waals surface area contributed by atoms with E-state index in [0.29, 0.717) is 11.4 Å². The van der Waals surface area contributed by atoms with E-state index in [4.69, 9.17) is 0 Å². The number of imide groups is 1. The topological polar surface area (TPSA) is 87.2 Å². The first-order valence-corrected chi connectivity index (χ1v) is 9.00. The molecule has 1 aromatic heterocycles. The molecule has 2 N–H and O–H groups in total. The molecular formula is C21H16F2N4O3. The van der Waals surface area contributed by atoms with Gasteiger partial charge in [0, 0.05) is 11.3 Å². The number of carbonyl (C=O) groups is 2. The summed E-state index contributed by atoms with van der Waals surface area (Å²) < 4.78 is 28.2. The molecule has 0 radical (unpaired) electrons. The molecule has 3 aromatic rings. The number of nitrogens with one attached hydrogen (secondary N) is 2. The van der Waals surface area contributed by atoms with Crippen molar-refractivity contribution in [1.82, 2.24) is 20.0 Å². The monoisotopic (exact) mass is 410 g/mol. The number of carbonyl (C=O) groups excluding carboxylic acids is 2. The van der Waals surface area contributed by atoms with Gasteiger partial charge in [-0.15, -0.1) is 0 Å². The zero-order valence-electron chi connectivity index (χ0n) is 15.8. The molecule has 2 heterocycles. The lowest BCUT2D eigenvalue weighted by Crippen LogP contribution is -2.30. The Morgan fingerprint density at radius 1 is 1.00 bits per heavy atom. The van der Waals surface area contributed by atoms with E-state index in [0.717, 1.165) is 4.90 Å². The molecule has 30 heavy (non-hydrogen) atoms. The number of halogens is 2. The number of aryl methyl sites for hydroxylation is 1. The average Bonchev–Trinajstić information content (AvgIpc) is 3.15. The van der Waals surface area contributed by atoms with Gasteiger partial charge in [-0.25, -0.2) is 18.3 Å². The molecule has 0 saturated carbocycles. The molecule has 152 valence electrons. The van der Waals surface area contributed by atoms with Crippen LogP contribution in [0.1, 0.15) is 16.8 Å². The molecule has 1 aliphatic heterocycles. The Bertz CT molecular complexity index is 1240. The Morgan fingerprint density at radius 3 is 2.40 bits per heavy atom. The summed E-state index contributed by atoms with van der Waals surface area (Å²) in [6.45, 7) is 1.40. The number of aromatic nitrogens is 2.